The number of rotatable bonds is 4. The first-order valence-electron chi connectivity index (χ1n) is 4.09. The summed E-state index contributed by atoms with van der Waals surface area (Å²) in [7, 11) is 0. The lowest BCUT2D eigenvalue weighted by Gasteiger charge is -2.36. The van der Waals surface area contributed by atoms with Gasteiger partial charge in [-0.05, 0) is 26.2 Å². The molecule has 0 spiro atoms. The first kappa shape index (κ1) is 8.68. The Morgan fingerprint density at radius 1 is 1.64 bits per heavy atom. The van der Waals surface area contributed by atoms with Crippen molar-refractivity contribution in [2.45, 2.75) is 31.7 Å². The van der Waals surface area contributed by atoms with E-state index < -0.39 is 5.54 Å². The summed E-state index contributed by atoms with van der Waals surface area (Å²) in [5.74, 6) is 0.0607. The second kappa shape index (κ2) is 3.32. The Balaban J connectivity index is 2.28. The predicted molar refractivity (Wildman–Crippen MR) is 42.3 cm³/mol. The number of carbonyl (C=O) groups is 1. The van der Waals surface area contributed by atoms with Crippen LogP contribution in [-0.2, 0) is 9.53 Å². The van der Waals surface area contributed by atoms with E-state index in [1.165, 1.54) is 0 Å². The van der Waals surface area contributed by atoms with Gasteiger partial charge in [-0.2, -0.15) is 0 Å². The van der Waals surface area contributed by atoms with Gasteiger partial charge in [0.1, 0.15) is 6.61 Å². The third-order valence-electron chi connectivity index (χ3n) is 2.24. The van der Waals surface area contributed by atoms with E-state index in [9.17, 15) is 4.79 Å². The second-order valence-electron chi connectivity index (χ2n) is 3.07. The van der Waals surface area contributed by atoms with Crippen molar-refractivity contribution < 1.29 is 9.53 Å². The van der Waals surface area contributed by atoms with Crippen molar-refractivity contribution in [3.63, 3.8) is 0 Å². The van der Waals surface area contributed by atoms with Gasteiger partial charge in [0, 0.05) is 6.61 Å². The SMILES string of the molecule is CCOCC(=O)C1(N)CCC1. The molecule has 0 aromatic heterocycles. The maximum atomic E-state index is 11.3. The Morgan fingerprint density at radius 3 is 2.64 bits per heavy atom. The van der Waals surface area contributed by atoms with Crippen LogP contribution in [0, 0.1) is 0 Å². The van der Waals surface area contributed by atoms with Crippen LogP contribution in [0.25, 0.3) is 0 Å². The molecular formula is C8H15NO2. The number of ketones is 1. The lowest BCUT2D eigenvalue weighted by Crippen LogP contribution is -2.55. The van der Waals surface area contributed by atoms with Crippen molar-refractivity contribution in [2.75, 3.05) is 13.2 Å². The van der Waals surface area contributed by atoms with Crippen molar-refractivity contribution in [1.82, 2.24) is 0 Å². The Bertz CT molecular complexity index is 152. The number of hydrogen-bond donors (Lipinski definition) is 1. The summed E-state index contributed by atoms with van der Waals surface area (Å²) in [6, 6.07) is 0. The largest absolute Gasteiger partial charge is 0.374 e. The highest BCUT2D eigenvalue weighted by Crippen LogP contribution is 2.29. The first-order chi connectivity index (χ1) is 5.19. The van der Waals surface area contributed by atoms with Crippen molar-refractivity contribution in [1.29, 1.82) is 0 Å². The van der Waals surface area contributed by atoms with Gasteiger partial charge in [0.05, 0.1) is 5.54 Å². The highest BCUT2D eigenvalue weighted by atomic mass is 16.5. The standard InChI is InChI=1S/C8H15NO2/c1-2-11-6-7(10)8(9)4-3-5-8/h2-6,9H2,1H3. The van der Waals surface area contributed by atoms with Crippen LogP contribution in [0.15, 0.2) is 0 Å². The van der Waals surface area contributed by atoms with Crippen molar-refractivity contribution in [3.05, 3.63) is 0 Å². The number of ether oxygens (including phenoxy) is 1. The molecule has 0 atom stereocenters. The molecule has 1 aliphatic carbocycles. The minimum Gasteiger partial charge on any atom is -0.374 e. The molecule has 1 rings (SSSR count). The average molecular weight is 157 g/mol. The highest BCUT2D eigenvalue weighted by Gasteiger charge is 2.39. The van der Waals surface area contributed by atoms with Gasteiger partial charge < -0.3 is 10.5 Å². The van der Waals surface area contributed by atoms with Crippen LogP contribution in [0.3, 0.4) is 0 Å². The number of hydrogen-bond acceptors (Lipinski definition) is 3. The van der Waals surface area contributed by atoms with Crippen LogP contribution in [0.2, 0.25) is 0 Å². The molecule has 64 valence electrons. The number of Topliss-reactive ketones (excluding diaryl/α,β-unsaturated/α-hetero) is 1. The Hall–Kier alpha value is -0.410. The fraction of sp³-hybridized carbons (Fsp3) is 0.875. The van der Waals surface area contributed by atoms with Crippen molar-refractivity contribution >= 4 is 5.78 Å². The Labute approximate surface area is 66.9 Å². The van der Waals surface area contributed by atoms with E-state index in [0.29, 0.717) is 6.61 Å². The first-order valence-corrected chi connectivity index (χ1v) is 4.09. The monoisotopic (exact) mass is 157 g/mol. The van der Waals surface area contributed by atoms with Crippen LogP contribution >= 0.6 is 0 Å². The molecule has 0 amide bonds. The molecule has 1 fully saturated rings. The molecule has 3 heteroatoms. The predicted octanol–water partition coefficient (Wildman–Crippen LogP) is 0.473. The zero-order valence-electron chi connectivity index (χ0n) is 6.93. The molecule has 0 saturated heterocycles. The molecule has 3 nitrogen and oxygen atoms in total. The molecule has 0 radical (unpaired) electrons. The molecular weight excluding hydrogens is 142 g/mol. The zero-order valence-corrected chi connectivity index (χ0v) is 6.93. The quantitative estimate of drug-likeness (QED) is 0.645. The fourth-order valence-electron chi connectivity index (χ4n) is 1.18. The Kier molecular flexibility index (Phi) is 2.62. The van der Waals surface area contributed by atoms with Gasteiger partial charge in [0.2, 0.25) is 0 Å². The van der Waals surface area contributed by atoms with Gasteiger partial charge in [0.25, 0.3) is 0 Å². The van der Waals surface area contributed by atoms with Gasteiger partial charge in [-0.3, -0.25) is 4.79 Å². The topological polar surface area (TPSA) is 52.3 Å². The van der Waals surface area contributed by atoms with Gasteiger partial charge in [0.15, 0.2) is 5.78 Å². The van der Waals surface area contributed by atoms with Crippen LogP contribution in [0.5, 0.6) is 0 Å². The average Bonchev–Trinajstić information content (AvgIpc) is 1.95. The number of nitrogens with two attached hydrogens (primary N) is 1. The molecule has 0 bridgehead atoms. The molecule has 11 heavy (non-hydrogen) atoms. The van der Waals surface area contributed by atoms with Gasteiger partial charge >= 0.3 is 0 Å². The smallest absolute Gasteiger partial charge is 0.178 e. The maximum absolute atomic E-state index is 11.3. The zero-order chi connectivity index (χ0) is 8.32. The van der Waals surface area contributed by atoms with Crippen LogP contribution < -0.4 is 5.73 Å². The van der Waals surface area contributed by atoms with Gasteiger partial charge in [-0.25, -0.2) is 0 Å². The van der Waals surface area contributed by atoms with E-state index in [2.05, 4.69) is 0 Å². The molecule has 0 aromatic carbocycles. The summed E-state index contributed by atoms with van der Waals surface area (Å²) < 4.78 is 4.99. The Morgan fingerprint density at radius 2 is 2.27 bits per heavy atom. The highest BCUT2D eigenvalue weighted by molar-refractivity contribution is 5.90. The van der Waals surface area contributed by atoms with Crippen molar-refractivity contribution in [3.8, 4) is 0 Å². The fourth-order valence-corrected chi connectivity index (χ4v) is 1.18. The summed E-state index contributed by atoms with van der Waals surface area (Å²) in [6.45, 7) is 2.64. The van der Waals surface area contributed by atoms with E-state index in [1.54, 1.807) is 0 Å². The minimum absolute atomic E-state index is 0.0607. The third-order valence-corrected chi connectivity index (χ3v) is 2.24. The summed E-state index contributed by atoms with van der Waals surface area (Å²) >= 11 is 0. The van der Waals surface area contributed by atoms with Crippen molar-refractivity contribution in [2.24, 2.45) is 5.73 Å². The summed E-state index contributed by atoms with van der Waals surface area (Å²) in [5, 5.41) is 0. The van der Waals surface area contributed by atoms with Gasteiger partial charge in [-0.1, -0.05) is 0 Å². The number of carbonyl (C=O) groups excluding carboxylic acids is 1. The lowest BCUT2D eigenvalue weighted by atomic mass is 9.75. The van der Waals surface area contributed by atoms with E-state index in [0.717, 1.165) is 19.3 Å². The minimum atomic E-state index is -0.533. The second-order valence-corrected chi connectivity index (χ2v) is 3.07. The maximum Gasteiger partial charge on any atom is 0.178 e. The molecule has 0 aliphatic heterocycles. The van der Waals surface area contributed by atoms with E-state index in [4.69, 9.17) is 10.5 Å². The normalized spacial score (nSPS) is 20.9. The van der Waals surface area contributed by atoms with Crippen LogP contribution in [-0.4, -0.2) is 24.5 Å². The third kappa shape index (κ3) is 1.79. The summed E-state index contributed by atoms with van der Waals surface area (Å²) in [4.78, 5) is 11.3. The summed E-state index contributed by atoms with van der Waals surface area (Å²) in [5.41, 5.74) is 5.23. The molecule has 1 aliphatic rings. The van der Waals surface area contributed by atoms with Crippen LogP contribution in [0.4, 0.5) is 0 Å². The van der Waals surface area contributed by atoms with Crippen LogP contribution in [0.1, 0.15) is 26.2 Å². The molecule has 0 heterocycles. The van der Waals surface area contributed by atoms with E-state index >= 15 is 0 Å². The molecule has 0 unspecified atom stereocenters. The molecule has 0 aromatic rings. The molecule has 1 saturated carbocycles. The van der Waals surface area contributed by atoms with Gasteiger partial charge in [-0.15, -0.1) is 0 Å². The lowest BCUT2D eigenvalue weighted by molar-refractivity contribution is -0.131. The van der Waals surface area contributed by atoms with E-state index in [-0.39, 0.29) is 12.4 Å². The van der Waals surface area contributed by atoms with E-state index in [1.807, 2.05) is 6.92 Å². The molecule has 2 N–H and O–H groups in total. The summed E-state index contributed by atoms with van der Waals surface area (Å²) in [6.07, 6.45) is 2.74.